The summed E-state index contributed by atoms with van der Waals surface area (Å²) < 4.78 is 1.74. The number of nitrogens with zero attached hydrogens (tertiary/aromatic N) is 2. The molecule has 0 bridgehead atoms. The highest BCUT2D eigenvalue weighted by Crippen LogP contribution is 2.34. The van der Waals surface area contributed by atoms with E-state index in [0.29, 0.717) is 19.4 Å². The Balaban J connectivity index is 1.89. The summed E-state index contributed by atoms with van der Waals surface area (Å²) in [6.07, 6.45) is 2.97. The quantitative estimate of drug-likeness (QED) is 0.814. The molecule has 2 rings (SSSR count). The predicted molar refractivity (Wildman–Crippen MR) is 63.6 cm³/mol. The van der Waals surface area contributed by atoms with Gasteiger partial charge in [0.1, 0.15) is 0 Å². The van der Waals surface area contributed by atoms with Crippen LogP contribution in [0, 0.1) is 18.8 Å². The summed E-state index contributed by atoms with van der Waals surface area (Å²) in [5.74, 6) is -1.93. The number of carbonyl (C=O) groups excluding carboxylic acids is 1. The van der Waals surface area contributed by atoms with Crippen LogP contribution in [0.2, 0.25) is 0 Å². The van der Waals surface area contributed by atoms with Crippen molar-refractivity contribution in [2.24, 2.45) is 18.9 Å². The molecule has 1 aliphatic rings. The van der Waals surface area contributed by atoms with E-state index in [0.717, 1.165) is 11.3 Å². The summed E-state index contributed by atoms with van der Waals surface area (Å²) in [6, 6.07) is 0. The predicted octanol–water partition coefficient (Wildman–Crippen LogP) is 0.456. The van der Waals surface area contributed by atoms with Crippen LogP contribution in [0.3, 0.4) is 0 Å². The van der Waals surface area contributed by atoms with Crippen molar-refractivity contribution in [3.05, 3.63) is 17.5 Å². The number of carbonyl (C=O) groups is 2. The van der Waals surface area contributed by atoms with E-state index in [1.165, 1.54) is 0 Å². The van der Waals surface area contributed by atoms with Crippen LogP contribution in [-0.2, 0) is 23.2 Å². The smallest absolute Gasteiger partial charge is 0.307 e. The van der Waals surface area contributed by atoms with E-state index in [4.69, 9.17) is 5.11 Å². The summed E-state index contributed by atoms with van der Waals surface area (Å²) in [5, 5.41) is 15.8. The highest BCUT2D eigenvalue weighted by molar-refractivity contribution is 5.86. The van der Waals surface area contributed by atoms with Gasteiger partial charge in [0, 0.05) is 24.8 Å². The van der Waals surface area contributed by atoms with Crippen LogP contribution in [0.15, 0.2) is 6.20 Å². The third-order valence-corrected chi connectivity index (χ3v) is 3.72. The second-order valence-corrected chi connectivity index (χ2v) is 4.73. The molecule has 2 unspecified atom stereocenters. The Morgan fingerprint density at radius 1 is 1.50 bits per heavy atom. The number of aliphatic carboxylic acids is 1. The number of carboxylic acid groups (broad SMARTS) is 1. The Morgan fingerprint density at radius 2 is 2.17 bits per heavy atom. The van der Waals surface area contributed by atoms with Gasteiger partial charge >= 0.3 is 5.97 Å². The van der Waals surface area contributed by atoms with Crippen molar-refractivity contribution in [1.82, 2.24) is 15.1 Å². The summed E-state index contributed by atoms with van der Waals surface area (Å²) >= 11 is 0. The molecule has 18 heavy (non-hydrogen) atoms. The number of hydrogen-bond donors (Lipinski definition) is 2. The molecule has 6 heteroatoms. The van der Waals surface area contributed by atoms with Crippen molar-refractivity contribution in [3.63, 3.8) is 0 Å². The van der Waals surface area contributed by atoms with E-state index in [-0.39, 0.29) is 11.8 Å². The number of carboxylic acids is 1. The fourth-order valence-electron chi connectivity index (χ4n) is 2.14. The third-order valence-electron chi connectivity index (χ3n) is 3.72. The Hall–Kier alpha value is -1.85. The molecule has 1 aromatic rings. The molecule has 0 aromatic carbocycles. The second kappa shape index (κ2) is 4.80. The first-order chi connectivity index (χ1) is 8.50. The Kier molecular flexibility index (Phi) is 3.36. The first-order valence-electron chi connectivity index (χ1n) is 5.98. The van der Waals surface area contributed by atoms with Gasteiger partial charge in [0.2, 0.25) is 5.91 Å². The lowest BCUT2D eigenvalue weighted by molar-refractivity contribution is -0.152. The van der Waals surface area contributed by atoms with E-state index in [1.807, 2.05) is 14.0 Å². The molecular formula is C12H17N3O3. The van der Waals surface area contributed by atoms with Crippen molar-refractivity contribution in [3.8, 4) is 0 Å². The molecule has 0 radical (unpaired) electrons. The van der Waals surface area contributed by atoms with Crippen molar-refractivity contribution in [1.29, 1.82) is 0 Å². The standard InChI is InChI=1S/C12H17N3O3/c1-7-8(6-14-15(7)2)5-13-11(16)9-3-4-10(9)12(17)18/h6,9-10H,3-5H2,1-2H3,(H,13,16)(H,17,18). The van der Waals surface area contributed by atoms with Crippen molar-refractivity contribution < 1.29 is 14.7 Å². The van der Waals surface area contributed by atoms with E-state index in [9.17, 15) is 9.59 Å². The second-order valence-electron chi connectivity index (χ2n) is 4.73. The molecule has 98 valence electrons. The van der Waals surface area contributed by atoms with Crippen LogP contribution in [0.25, 0.3) is 0 Å². The highest BCUT2D eigenvalue weighted by atomic mass is 16.4. The zero-order valence-electron chi connectivity index (χ0n) is 10.5. The van der Waals surface area contributed by atoms with E-state index in [1.54, 1.807) is 10.9 Å². The first-order valence-corrected chi connectivity index (χ1v) is 5.98. The molecular weight excluding hydrogens is 234 g/mol. The molecule has 1 heterocycles. The SMILES string of the molecule is Cc1c(CNC(=O)C2CCC2C(=O)O)cnn1C. The molecule has 1 aliphatic carbocycles. The Morgan fingerprint density at radius 3 is 2.61 bits per heavy atom. The molecule has 0 aliphatic heterocycles. The average Bonchev–Trinajstić information content (AvgIpc) is 2.54. The van der Waals surface area contributed by atoms with Crippen molar-refractivity contribution >= 4 is 11.9 Å². The Bertz CT molecular complexity index is 481. The topological polar surface area (TPSA) is 84.2 Å². The molecule has 2 atom stereocenters. The fraction of sp³-hybridized carbons (Fsp3) is 0.583. The Labute approximate surface area is 105 Å². The lowest BCUT2D eigenvalue weighted by Crippen LogP contribution is -2.43. The van der Waals surface area contributed by atoms with Gasteiger partial charge in [-0.3, -0.25) is 14.3 Å². The minimum atomic E-state index is -0.876. The fourth-order valence-corrected chi connectivity index (χ4v) is 2.14. The van der Waals surface area contributed by atoms with Crippen LogP contribution >= 0.6 is 0 Å². The van der Waals surface area contributed by atoms with Gasteiger partial charge in [-0.15, -0.1) is 0 Å². The summed E-state index contributed by atoms with van der Waals surface area (Å²) in [7, 11) is 1.84. The summed E-state index contributed by atoms with van der Waals surface area (Å²) in [6.45, 7) is 2.33. The lowest BCUT2D eigenvalue weighted by Gasteiger charge is -2.31. The molecule has 1 saturated carbocycles. The van der Waals surface area contributed by atoms with Gasteiger partial charge in [0.05, 0.1) is 18.0 Å². The van der Waals surface area contributed by atoms with Crippen LogP contribution in [0.5, 0.6) is 0 Å². The molecule has 6 nitrogen and oxygen atoms in total. The lowest BCUT2D eigenvalue weighted by atomic mass is 9.73. The van der Waals surface area contributed by atoms with E-state index >= 15 is 0 Å². The van der Waals surface area contributed by atoms with Gasteiger partial charge in [0.15, 0.2) is 0 Å². The van der Waals surface area contributed by atoms with Gasteiger partial charge in [-0.2, -0.15) is 5.10 Å². The number of aryl methyl sites for hydroxylation is 1. The monoisotopic (exact) mass is 251 g/mol. The van der Waals surface area contributed by atoms with Gasteiger partial charge in [-0.1, -0.05) is 0 Å². The zero-order chi connectivity index (χ0) is 13.3. The summed E-state index contributed by atoms with van der Waals surface area (Å²) in [5.41, 5.74) is 1.95. The van der Waals surface area contributed by atoms with Crippen LogP contribution in [0.4, 0.5) is 0 Å². The molecule has 2 N–H and O–H groups in total. The number of amides is 1. The third kappa shape index (κ3) is 2.23. The maximum Gasteiger partial charge on any atom is 0.307 e. The summed E-state index contributed by atoms with van der Waals surface area (Å²) in [4.78, 5) is 22.7. The van der Waals surface area contributed by atoms with Crippen LogP contribution in [0.1, 0.15) is 24.1 Å². The molecule has 1 amide bonds. The van der Waals surface area contributed by atoms with Crippen molar-refractivity contribution in [2.45, 2.75) is 26.3 Å². The number of aromatic nitrogens is 2. The van der Waals surface area contributed by atoms with Gasteiger partial charge < -0.3 is 10.4 Å². The largest absolute Gasteiger partial charge is 0.481 e. The molecule has 0 spiro atoms. The van der Waals surface area contributed by atoms with Gasteiger partial charge in [-0.05, 0) is 19.8 Å². The average molecular weight is 251 g/mol. The minimum absolute atomic E-state index is 0.170. The highest BCUT2D eigenvalue weighted by Gasteiger charge is 2.41. The zero-order valence-corrected chi connectivity index (χ0v) is 10.5. The van der Waals surface area contributed by atoms with Gasteiger partial charge in [0.25, 0.3) is 0 Å². The molecule has 1 fully saturated rings. The molecule has 0 saturated heterocycles. The normalized spacial score (nSPS) is 22.3. The number of rotatable bonds is 4. The first kappa shape index (κ1) is 12.6. The number of hydrogen-bond acceptors (Lipinski definition) is 3. The van der Waals surface area contributed by atoms with Crippen molar-refractivity contribution in [2.75, 3.05) is 0 Å². The van der Waals surface area contributed by atoms with Crippen LogP contribution in [-0.4, -0.2) is 26.8 Å². The maximum atomic E-state index is 11.8. The number of nitrogens with one attached hydrogen (secondary N) is 1. The van der Waals surface area contributed by atoms with E-state index in [2.05, 4.69) is 10.4 Å². The van der Waals surface area contributed by atoms with Crippen LogP contribution < -0.4 is 5.32 Å². The maximum absolute atomic E-state index is 11.8. The minimum Gasteiger partial charge on any atom is -0.481 e. The van der Waals surface area contributed by atoms with Gasteiger partial charge in [-0.25, -0.2) is 0 Å². The molecule has 1 aromatic heterocycles. The van der Waals surface area contributed by atoms with E-state index < -0.39 is 11.9 Å².